The smallest absolute Gasteiger partial charge is 0.341 e. The van der Waals surface area contributed by atoms with Crippen molar-refractivity contribution in [3.8, 4) is 5.75 Å². The molecule has 5 heteroatoms. The van der Waals surface area contributed by atoms with E-state index in [1.54, 1.807) is 19.2 Å². The molecule has 2 rings (SSSR count). The molecule has 0 fully saturated rings. The molecule has 0 bridgehead atoms. The lowest BCUT2D eigenvalue weighted by Crippen LogP contribution is -2.09. The lowest BCUT2D eigenvalue weighted by Gasteiger charge is -2.14. The van der Waals surface area contributed by atoms with Crippen molar-refractivity contribution in [1.82, 2.24) is 0 Å². The van der Waals surface area contributed by atoms with Gasteiger partial charge in [-0.1, -0.05) is 23.8 Å². The predicted molar refractivity (Wildman–Crippen MR) is 88.4 cm³/mol. The predicted octanol–water partition coefficient (Wildman–Crippen LogP) is 4.07. The molecular weight excluding hydrogens is 302 g/mol. The van der Waals surface area contributed by atoms with E-state index in [4.69, 9.17) is 16.3 Å². The minimum atomic E-state index is -0.503. The van der Waals surface area contributed by atoms with Crippen LogP contribution in [0.5, 0.6) is 5.75 Å². The molecule has 1 unspecified atom stereocenters. The average Bonchev–Trinajstić information content (AvgIpc) is 2.53. The van der Waals surface area contributed by atoms with Crippen LogP contribution in [0.15, 0.2) is 41.5 Å². The zero-order chi connectivity index (χ0) is 15.9. The van der Waals surface area contributed by atoms with E-state index in [0.717, 1.165) is 30.0 Å². The third-order valence-corrected chi connectivity index (χ3v) is 3.88. The highest BCUT2D eigenvalue weighted by atomic mass is 35.5. The quantitative estimate of drug-likeness (QED) is 0.471. The Morgan fingerprint density at radius 2 is 2.32 bits per heavy atom. The van der Waals surface area contributed by atoms with Gasteiger partial charge in [0.1, 0.15) is 11.3 Å². The van der Waals surface area contributed by atoms with E-state index in [9.17, 15) is 9.90 Å². The van der Waals surface area contributed by atoms with E-state index in [2.05, 4.69) is 11.4 Å². The van der Waals surface area contributed by atoms with Crippen molar-refractivity contribution < 1.29 is 14.6 Å². The Bertz CT molecular complexity index is 596. The van der Waals surface area contributed by atoms with Crippen molar-refractivity contribution in [2.24, 2.45) is 5.92 Å². The summed E-state index contributed by atoms with van der Waals surface area (Å²) in [4.78, 5) is 12.0. The lowest BCUT2D eigenvalue weighted by atomic mass is 9.96. The van der Waals surface area contributed by atoms with E-state index in [0.29, 0.717) is 12.5 Å². The molecule has 118 valence electrons. The van der Waals surface area contributed by atoms with Gasteiger partial charge in [0.05, 0.1) is 6.61 Å². The number of allylic oxidation sites excluding steroid dienone is 4. The first kappa shape index (κ1) is 16.4. The van der Waals surface area contributed by atoms with Crippen LogP contribution in [0.1, 0.15) is 29.6 Å². The first-order valence-corrected chi connectivity index (χ1v) is 7.69. The fraction of sp³-hybridized carbons (Fsp3) is 0.353. The number of anilines is 1. The summed E-state index contributed by atoms with van der Waals surface area (Å²) >= 11 is 5.87. The Hall–Kier alpha value is -1.94. The van der Waals surface area contributed by atoms with E-state index >= 15 is 0 Å². The highest BCUT2D eigenvalue weighted by Gasteiger charge is 2.14. The molecule has 1 aromatic rings. The molecule has 0 aromatic heterocycles. The second-order valence-electron chi connectivity index (χ2n) is 5.20. The summed E-state index contributed by atoms with van der Waals surface area (Å²) in [6, 6.07) is 4.75. The van der Waals surface area contributed by atoms with Crippen LogP contribution in [-0.2, 0) is 4.74 Å². The lowest BCUT2D eigenvalue weighted by molar-refractivity contribution is 0.0492. The van der Waals surface area contributed by atoms with Crippen LogP contribution in [0.4, 0.5) is 5.69 Å². The minimum absolute atomic E-state index is 0.0704. The Morgan fingerprint density at radius 3 is 3.00 bits per heavy atom. The number of rotatable bonds is 6. The summed E-state index contributed by atoms with van der Waals surface area (Å²) in [5, 5.41) is 13.4. The number of ether oxygens (including phenoxy) is 1. The fourth-order valence-electron chi connectivity index (χ4n) is 2.30. The second-order valence-corrected chi connectivity index (χ2v) is 5.64. The molecule has 22 heavy (non-hydrogen) atoms. The molecule has 0 spiro atoms. The molecule has 2 N–H and O–H groups in total. The minimum Gasteiger partial charge on any atom is -0.507 e. The summed E-state index contributed by atoms with van der Waals surface area (Å²) in [6.07, 6.45) is 8.63. The van der Waals surface area contributed by atoms with Gasteiger partial charge in [-0.05, 0) is 49.5 Å². The number of carbonyl (C=O) groups excluding carboxylic acids is 1. The van der Waals surface area contributed by atoms with Gasteiger partial charge >= 0.3 is 5.97 Å². The number of nitrogens with one attached hydrogen (secondary N) is 1. The summed E-state index contributed by atoms with van der Waals surface area (Å²) in [7, 11) is 1.75. The van der Waals surface area contributed by atoms with Gasteiger partial charge in [-0.15, -0.1) is 0 Å². The molecule has 0 heterocycles. The molecule has 1 atom stereocenters. The van der Waals surface area contributed by atoms with Gasteiger partial charge in [0, 0.05) is 17.8 Å². The molecule has 4 nitrogen and oxygen atoms in total. The fourth-order valence-corrected chi connectivity index (χ4v) is 2.46. The summed E-state index contributed by atoms with van der Waals surface area (Å²) in [5.41, 5.74) is 0.930. The van der Waals surface area contributed by atoms with Crippen LogP contribution in [0, 0.1) is 5.92 Å². The second kappa shape index (κ2) is 7.90. The molecule has 1 aromatic carbocycles. The Kier molecular flexibility index (Phi) is 5.90. The summed E-state index contributed by atoms with van der Waals surface area (Å²) in [5.74, 6) is -0.127. The van der Waals surface area contributed by atoms with Crippen molar-refractivity contribution in [2.75, 3.05) is 19.0 Å². The van der Waals surface area contributed by atoms with Crippen molar-refractivity contribution in [3.05, 3.63) is 47.0 Å². The van der Waals surface area contributed by atoms with Crippen LogP contribution in [0.25, 0.3) is 0 Å². The normalized spacial score (nSPS) is 17.0. The number of phenols is 1. The monoisotopic (exact) mass is 321 g/mol. The Balaban J connectivity index is 1.77. The molecule has 0 aliphatic heterocycles. The van der Waals surface area contributed by atoms with Crippen LogP contribution >= 0.6 is 11.6 Å². The molecule has 0 radical (unpaired) electrons. The summed E-state index contributed by atoms with van der Waals surface area (Å²) in [6.45, 7) is 0.337. The molecule has 1 aliphatic rings. The third kappa shape index (κ3) is 4.53. The Labute approximate surface area is 135 Å². The van der Waals surface area contributed by atoms with E-state index < -0.39 is 5.97 Å². The average molecular weight is 322 g/mol. The number of phenolic OH excluding ortho intramolecular Hbond substituents is 1. The molecular formula is C17H20ClNO3. The Morgan fingerprint density at radius 1 is 1.50 bits per heavy atom. The number of esters is 1. The standard InChI is InChI=1S/C17H20ClNO3/c1-19-14-8-9-16(20)15(11-14)17(21)22-10-2-3-12-4-6-13(18)7-5-12/h4,6-9,11-12,19-20H,2-3,5,10H2,1H3. The van der Waals surface area contributed by atoms with E-state index in [-0.39, 0.29) is 11.3 Å². The van der Waals surface area contributed by atoms with Gasteiger partial charge in [0.15, 0.2) is 0 Å². The molecule has 0 saturated heterocycles. The zero-order valence-electron chi connectivity index (χ0n) is 12.5. The molecule has 0 saturated carbocycles. The molecule has 1 aliphatic carbocycles. The van der Waals surface area contributed by atoms with E-state index in [1.807, 2.05) is 12.2 Å². The number of carbonyl (C=O) groups is 1. The van der Waals surface area contributed by atoms with Crippen molar-refractivity contribution in [1.29, 1.82) is 0 Å². The molecule has 0 amide bonds. The number of hydrogen-bond acceptors (Lipinski definition) is 4. The maximum Gasteiger partial charge on any atom is 0.341 e. The maximum atomic E-state index is 12.0. The topological polar surface area (TPSA) is 58.6 Å². The maximum absolute atomic E-state index is 12.0. The van der Waals surface area contributed by atoms with Crippen LogP contribution in [0.2, 0.25) is 0 Å². The third-order valence-electron chi connectivity index (χ3n) is 3.60. The number of hydrogen-bond donors (Lipinski definition) is 2. The highest BCUT2D eigenvalue weighted by molar-refractivity contribution is 6.31. The largest absolute Gasteiger partial charge is 0.507 e. The van der Waals surface area contributed by atoms with E-state index in [1.165, 1.54) is 6.07 Å². The number of aromatic hydroxyl groups is 1. The van der Waals surface area contributed by atoms with Crippen LogP contribution in [-0.4, -0.2) is 24.7 Å². The van der Waals surface area contributed by atoms with Crippen molar-refractivity contribution in [2.45, 2.75) is 19.3 Å². The highest BCUT2D eigenvalue weighted by Crippen LogP contribution is 2.24. The van der Waals surface area contributed by atoms with Gasteiger partial charge in [-0.2, -0.15) is 0 Å². The van der Waals surface area contributed by atoms with Gasteiger partial charge in [0.2, 0.25) is 0 Å². The zero-order valence-corrected chi connectivity index (χ0v) is 13.3. The van der Waals surface area contributed by atoms with Crippen LogP contribution in [0.3, 0.4) is 0 Å². The summed E-state index contributed by atoms with van der Waals surface area (Å²) < 4.78 is 5.23. The SMILES string of the molecule is CNc1ccc(O)c(C(=O)OCCCC2C=CC(Cl)=CC2)c1. The van der Waals surface area contributed by atoms with Gasteiger partial charge < -0.3 is 15.2 Å². The van der Waals surface area contributed by atoms with Crippen molar-refractivity contribution >= 4 is 23.3 Å². The van der Waals surface area contributed by atoms with Gasteiger partial charge in [0.25, 0.3) is 0 Å². The first-order chi connectivity index (χ1) is 10.6. The van der Waals surface area contributed by atoms with Crippen molar-refractivity contribution in [3.63, 3.8) is 0 Å². The van der Waals surface area contributed by atoms with Gasteiger partial charge in [-0.3, -0.25) is 0 Å². The number of benzene rings is 1. The first-order valence-electron chi connectivity index (χ1n) is 7.32. The number of halogens is 1. The van der Waals surface area contributed by atoms with Crippen LogP contribution < -0.4 is 5.32 Å². The van der Waals surface area contributed by atoms with Gasteiger partial charge in [-0.25, -0.2) is 4.79 Å².